The van der Waals surface area contributed by atoms with Gasteiger partial charge in [-0.05, 0) is 12.5 Å². The number of nitrogens with zero attached hydrogens (tertiary/aromatic N) is 2. The Morgan fingerprint density at radius 2 is 1.94 bits per heavy atom. The molecule has 3 nitrogen and oxygen atoms in total. The highest BCUT2D eigenvalue weighted by atomic mass is 15.1. The number of rotatable bonds is 6. The van der Waals surface area contributed by atoms with Gasteiger partial charge in [0.15, 0.2) is 0 Å². The fraction of sp³-hybridized carbons (Fsp3) is 0.769. The second-order valence-electron chi connectivity index (χ2n) is 5.26. The smallest absolute Gasteiger partial charge is 0.111 e. The lowest BCUT2D eigenvalue weighted by atomic mass is 10.1. The van der Waals surface area contributed by atoms with E-state index in [4.69, 9.17) is 0 Å². The molecule has 1 rings (SSSR count). The highest BCUT2D eigenvalue weighted by Crippen LogP contribution is 2.13. The Morgan fingerprint density at radius 3 is 2.50 bits per heavy atom. The van der Waals surface area contributed by atoms with Gasteiger partial charge in [-0.3, -0.25) is 0 Å². The highest BCUT2D eigenvalue weighted by molar-refractivity contribution is 4.97. The lowest BCUT2D eigenvalue weighted by molar-refractivity contribution is 0.416. The third-order valence-corrected chi connectivity index (χ3v) is 2.65. The first-order chi connectivity index (χ1) is 7.50. The van der Waals surface area contributed by atoms with Gasteiger partial charge >= 0.3 is 0 Å². The third kappa shape index (κ3) is 3.97. The van der Waals surface area contributed by atoms with E-state index in [9.17, 15) is 0 Å². The van der Waals surface area contributed by atoms with Crippen LogP contribution in [0.3, 0.4) is 0 Å². The molecule has 1 aromatic heterocycles. The zero-order valence-electron chi connectivity index (χ0n) is 11.2. The second kappa shape index (κ2) is 6.04. The lowest BCUT2D eigenvalue weighted by Crippen LogP contribution is -2.29. The maximum Gasteiger partial charge on any atom is 0.111 e. The van der Waals surface area contributed by atoms with Gasteiger partial charge in [0.1, 0.15) is 5.82 Å². The predicted molar refractivity (Wildman–Crippen MR) is 68.6 cm³/mol. The first-order valence-electron chi connectivity index (χ1n) is 6.25. The Bertz CT molecular complexity index is 302. The summed E-state index contributed by atoms with van der Waals surface area (Å²) in [6.45, 7) is 13.1. The maximum absolute atomic E-state index is 4.41. The molecule has 0 amide bonds. The molecule has 3 heteroatoms. The van der Waals surface area contributed by atoms with Crippen LogP contribution in [-0.4, -0.2) is 22.1 Å². The zero-order chi connectivity index (χ0) is 12.1. The molecule has 0 fully saturated rings. The van der Waals surface area contributed by atoms with Crippen molar-refractivity contribution in [3.8, 4) is 0 Å². The molecule has 0 aromatic carbocycles. The van der Waals surface area contributed by atoms with Crippen LogP contribution in [0.2, 0.25) is 0 Å². The molecule has 16 heavy (non-hydrogen) atoms. The van der Waals surface area contributed by atoms with Crippen LogP contribution in [-0.2, 0) is 6.54 Å². The summed E-state index contributed by atoms with van der Waals surface area (Å²) < 4.78 is 2.28. The summed E-state index contributed by atoms with van der Waals surface area (Å²) in [4.78, 5) is 4.41. The molecule has 0 bridgehead atoms. The van der Waals surface area contributed by atoms with E-state index in [0.29, 0.717) is 17.9 Å². The fourth-order valence-corrected chi connectivity index (χ4v) is 1.81. The average Bonchev–Trinajstić information content (AvgIpc) is 2.62. The molecule has 1 heterocycles. The summed E-state index contributed by atoms with van der Waals surface area (Å²) in [5.41, 5.74) is 0. The van der Waals surface area contributed by atoms with Crippen LogP contribution < -0.4 is 5.32 Å². The Labute approximate surface area is 99.3 Å². The molecule has 0 saturated heterocycles. The van der Waals surface area contributed by atoms with Crippen LogP contribution in [0, 0.1) is 5.92 Å². The quantitative estimate of drug-likeness (QED) is 0.803. The van der Waals surface area contributed by atoms with Gasteiger partial charge < -0.3 is 9.88 Å². The van der Waals surface area contributed by atoms with Gasteiger partial charge in [-0.15, -0.1) is 0 Å². The van der Waals surface area contributed by atoms with Crippen molar-refractivity contribution in [2.75, 3.05) is 6.54 Å². The summed E-state index contributed by atoms with van der Waals surface area (Å²) in [6, 6.07) is 0.565. The van der Waals surface area contributed by atoms with Crippen LogP contribution >= 0.6 is 0 Å². The molecule has 0 spiro atoms. The van der Waals surface area contributed by atoms with Crippen molar-refractivity contribution >= 4 is 0 Å². The van der Waals surface area contributed by atoms with Gasteiger partial charge in [0.05, 0.1) is 0 Å². The highest BCUT2D eigenvalue weighted by Gasteiger charge is 2.10. The largest absolute Gasteiger partial charge is 0.334 e. The number of aromatic nitrogens is 2. The van der Waals surface area contributed by atoms with Crippen molar-refractivity contribution in [1.82, 2.24) is 14.9 Å². The number of hydrogen-bond acceptors (Lipinski definition) is 2. The maximum atomic E-state index is 4.41. The van der Waals surface area contributed by atoms with E-state index in [1.165, 1.54) is 5.82 Å². The fourth-order valence-electron chi connectivity index (χ4n) is 1.81. The number of nitrogens with one attached hydrogen (secondary N) is 1. The molecule has 1 unspecified atom stereocenters. The molecule has 0 aliphatic heterocycles. The Hall–Kier alpha value is -0.830. The molecule has 1 atom stereocenters. The van der Waals surface area contributed by atoms with Gasteiger partial charge in [0.25, 0.3) is 0 Å². The van der Waals surface area contributed by atoms with Gasteiger partial charge in [0.2, 0.25) is 0 Å². The lowest BCUT2D eigenvalue weighted by Gasteiger charge is -2.17. The summed E-state index contributed by atoms with van der Waals surface area (Å²) in [6.07, 6.45) is 3.99. The number of imidazole rings is 1. The first-order valence-corrected chi connectivity index (χ1v) is 6.25. The van der Waals surface area contributed by atoms with E-state index >= 15 is 0 Å². The van der Waals surface area contributed by atoms with Crippen LogP contribution in [0.5, 0.6) is 0 Å². The second-order valence-corrected chi connectivity index (χ2v) is 5.26. The van der Waals surface area contributed by atoms with Crippen molar-refractivity contribution < 1.29 is 0 Å². The summed E-state index contributed by atoms with van der Waals surface area (Å²) in [5, 5.41) is 3.47. The molecular formula is C13H25N3. The molecule has 0 radical (unpaired) electrons. The monoisotopic (exact) mass is 223 g/mol. The van der Waals surface area contributed by atoms with Crippen molar-refractivity contribution in [3.63, 3.8) is 0 Å². The topological polar surface area (TPSA) is 29.9 Å². The van der Waals surface area contributed by atoms with Crippen LogP contribution in [0.15, 0.2) is 12.4 Å². The Kier molecular flexibility index (Phi) is 5.00. The molecule has 0 aliphatic rings. The average molecular weight is 223 g/mol. The molecule has 92 valence electrons. The molecule has 1 N–H and O–H groups in total. The van der Waals surface area contributed by atoms with Gasteiger partial charge in [-0.1, -0.05) is 34.6 Å². The van der Waals surface area contributed by atoms with Crippen molar-refractivity contribution in [3.05, 3.63) is 18.2 Å². The Balaban J connectivity index is 2.49. The van der Waals surface area contributed by atoms with Crippen molar-refractivity contribution in [1.29, 1.82) is 0 Å². The zero-order valence-corrected chi connectivity index (χ0v) is 11.2. The summed E-state index contributed by atoms with van der Waals surface area (Å²) >= 11 is 0. The molecular weight excluding hydrogens is 198 g/mol. The SMILES string of the molecule is CC(CNC(C)C)Cn1ccnc1C(C)C. The van der Waals surface area contributed by atoms with E-state index in [1.807, 2.05) is 6.20 Å². The Morgan fingerprint density at radius 1 is 1.25 bits per heavy atom. The minimum absolute atomic E-state index is 0.500. The minimum atomic E-state index is 0.500. The van der Waals surface area contributed by atoms with Crippen LogP contribution in [0.4, 0.5) is 0 Å². The van der Waals surface area contributed by atoms with E-state index in [-0.39, 0.29) is 0 Å². The molecule has 0 saturated carbocycles. The van der Waals surface area contributed by atoms with Gasteiger partial charge in [-0.25, -0.2) is 4.98 Å². The van der Waals surface area contributed by atoms with Crippen LogP contribution in [0.1, 0.15) is 46.4 Å². The predicted octanol–water partition coefficient (Wildman–Crippen LogP) is 2.64. The standard InChI is InChI=1S/C13H25N3/c1-10(2)13-14-6-7-16(13)9-12(5)8-15-11(3)4/h6-7,10-12,15H,8-9H2,1-5H3. The van der Waals surface area contributed by atoms with E-state index in [2.05, 4.69) is 55.7 Å². The van der Waals surface area contributed by atoms with Crippen molar-refractivity contribution in [2.24, 2.45) is 5.92 Å². The van der Waals surface area contributed by atoms with Gasteiger partial charge in [0, 0.05) is 30.9 Å². The first kappa shape index (κ1) is 13.2. The van der Waals surface area contributed by atoms with E-state index in [0.717, 1.165) is 13.1 Å². The van der Waals surface area contributed by atoms with E-state index in [1.54, 1.807) is 0 Å². The van der Waals surface area contributed by atoms with Gasteiger partial charge in [-0.2, -0.15) is 0 Å². The number of hydrogen-bond donors (Lipinski definition) is 1. The summed E-state index contributed by atoms with van der Waals surface area (Å²) in [7, 11) is 0. The van der Waals surface area contributed by atoms with E-state index < -0.39 is 0 Å². The molecule has 1 aromatic rings. The molecule has 0 aliphatic carbocycles. The summed E-state index contributed by atoms with van der Waals surface area (Å²) in [5.74, 6) is 2.32. The minimum Gasteiger partial charge on any atom is -0.334 e. The van der Waals surface area contributed by atoms with Crippen molar-refractivity contribution in [2.45, 2.75) is 53.1 Å². The normalized spacial score (nSPS) is 13.7. The van der Waals surface area contributed by atoms with Crippen LogP contribution in [0.25, 0.3) is 0 Å². The third-order valence-electron chi connectivity index (χ3n) is 2.65.